The van der Waals surface area contributed by atoms with Crippen LogP contribution in [-0.4, -0.2) is 29.7 Å². The number of aromatic nitrogens is 6. The molecule has 144 valence electrons. The van der Waals surface area contributed by atoms with Gasteiger partial charge < -0.3 is 9.97 Å². The van der Waals surface area contributed by atoms with Crippen LogP contribution in [0.1, 0.15) is 22.8 Å². The summed E-state index contributed by atoms with van der Waals surface area (Å²) in [5.41, 5.74) is 9.79. The van der Waals surface area contributed by atoms with Crippen LogP contribution in [0.3, 0.4) is 0 Å². The monoisotopic (exact) mass is 390 g/mol. The van der Waals surface area contributed by atoms with E-state index < -0.39 is 0 Å². The molecule has 6 rings (SSSR count). The number of aryl methyl sites for hydroxylation is 1. The highest BCUT2D eigenvalue weighted by atomic mass is 15.2. The Kier molecular flexibility index (Phi) is 3.58. The van der Waals surface area contributed by atoms with E-state index in [2.05, 4.69) is 50.4 Å². The van der Waals surface area contributed by atoms with Gasteiger partial charge in [-0.05, 0) is 66.8 Å². The first kappa shape index (κ1) is 16.7. The second-order valence-electron chi connectivity index (χ2n) is 7.49. The number of rotatable bonds is 1. The molecule has 0 unspecified atom stereocenters. The van der Waals surface area contributed by atoms with Crippen LogP contribution in [-0.2, 0) is 7.05 Å². The van der Waals surface area contributed by atoms with Crippen molar-refractivity contribution in [3.8, 4) is 11.1 Å². The molecular weight excluding hydrogens is 372 g/mol. The highest BCUT2D eigenvalue weighted by Crippen LogP contribution is 2.27. The van der Waals surface area contributed by atoms with Crippen LogP contribution in [0.5, 0.6) is 0 Å². The molecule has 0 spiro atoms. The van der Waals surface area contributed by atoms with Crippen LogP contribution in [0.2, 0.25) is 0 Å². The van der Waals surface area contributed by atoms with Crippen molar-refractivity contribution in [3.05, 3.63) is 77.6 Å². The first-order valence-corrected chi connectivity index (χ1v) is 9.75. The predicted molar refractivity (Wildman–Crippen MR) is 121 cm³/mol. The van der Waals surface area contributed by atoms with Gasteiger partial charge in [-0.2, -0.15) is 5.10 Å². The maximum Gasteiger partial charge on any atom is 0.0659 e. The average Bonchev–Trinajstić information content (AvgIpc) is 3.51. The number of aromatic amines is 2. The zero-order valence-corrected chi connectivity index (χ0v) is 16.3. The molecule has 0 aliphatic carbocycles. The Bertz CT molecular complexity index is 1510. The Balaban J connectivity index is 1.68. The minimum Gasteiger partial charge on any atom is -0.355 e. The topological polar surface area (TPSA) is 75.2 Å². The first-order chi connectivity index (χ1) is 14.7. The van der Waals surface area contributed by atoms with Crippen molar-refractivity contribution < 1.29 is 0 Å². The summed E-state index contributed by atoms with van der Waals surface area (Å²) in [5, 5.41) is 4.33. The highest BCUT2D eigenvalue weighted by Gasteiger charge is 2.08. The van der Waals surface area contributed by atoms with E-state index in [0.29, 0.717) is 0 Å². The molecule has 2 aliphatic rings. The molecule has 0 saturated heterocycles. The molecule has 0 atom stereocenters. The maximum atomic E-state index is 4.74. The zero-order chi connectivity index (χ0) is 20.1. The fraction of sp³-hybridized carbons (Fsp3) is 0.0417. The lowest BCUT2D eigenvalue weighted by atomic mass is 10.1. The zero-order valence-electron chi connectivity index (χ0n) is 16.3. The van der Waals surface area contributed by atoms with Crippen LogP contribution in [0, 0.1) is 0 Å². The van der Waals surface area contributed by atoms with Crippen LogP contribution in [0.25, 0.3) is 57.5 Å². The summed E-state index contributed by atoms with van der Waals surface area (Å²) in [6, 6.07) is 14.5. The number of nitrogens with zero attached hydrogens (tertiary/aromatic N) is 4. The van der Waals surface area contributed by atoms with Crippen LogP contribution in [0.4, 0.5) is 0 Å². The van der Waals surface area contributed by atoms with E-state index >= 15 is 0 Å². The molecular formula is C24H18N6. The molecule has 2 N–H and O–H groups in total. The first-order valence-electron chi connectivity index (χ1n) is 9.75. The summed E-state index contributed by atoms with van der Waals surface area (Å²) in [4.78, 5) is 16.4. The van der Waals surface area contributed by atoms with Gasteiger partial charge in [0.15, 0.2) is 0 Å². The number of hydrogen-bond donors (Lipinski definition) is 2. The predicted octanol–water partition coefficient (Wildman–Crippen LogP) is 5.06. The lowest BCUT2D eigenvalue weighted by Gasteiger charge is -1.92. The number of nitrogens with one attached hydrogen (secondary N) is 2. The van der Waals surface area contributed by atoms with Gasteiger partial charge in [0.1, 0.15) is 0 Å². The molecule has 0 saturated carbocycles. The molecule has 0 fully saturated rings. The van der Waals surface area contributed by atoms with Gasteiger partial charge in [0, 0.05) is 46.4 Å². The lowest BCUT2D eigenvalue weighted by molar-refractivity contribution is 0.768. The summed E-state index contributed by atoms with van der Waals surface area (Å²) < 4.78 is 1.81. The van der Waals surface area contributed by atoms with E-state index in [4.69, 9.17) is 4.98 Å². The standard InChI is InChI=1S/C24H18N6/c1-30-14-15(13-25-30)23-11-22-10-20-5-4-18(27-20)8-16-2-3-17(26-16)9-19-6-7-21(28-19)12-24(23)29-22/h2-14,27,29H,1H3. The fourth-order valence-electron chi connectivity index (χ4n) is 3.82. The maximum absolute atomic E-state index is 4.74. The molecule has 8 bridgehead atoms. The average molecular weight is 390 g/mol. The third-order valence-electron chi connectivity index (χ3n) is 5.18. The van der Waals surface area contributed by atoms with Gasteiger partial charge in [0.2, 0.25) is 0 Å². The quantitative estimate of drug-likeness (QED) is 0.412. The van der Waals surface area contributed by atoms with Crippen molar-refractivity contribution in [2.45, 2.75) is 0 Å². The summed E-state index contributed by atoms with van der Waals surface area (Å²) >= 11 is 0. The van der Waals surface area contributed by atoms with Crippen molar-refractivity contribution in [3.63, 3.8) is 0 Å². The Morgan fingerprint density at radius 1 is 0.700 bits per heavy atom. The van der Waals surface area contributed by atoms with E-state index in [0.717, 1.165) is 56.0 Å². The Morgan fingerprint density at radius 3 is 2.07 bits per heavy atom. The molecule has 4 aromatic heterocycles. The van der Waals surface area contributed by atoms with Crippen molar-refractivity contribution >= 4 is 46.4 Å². The van der Waals surface area contributed by atoms with Gasteiger partial charge in [-0.3, -0.25) is 4.68 Å². The summed E-state index contributed by atoms with van der Waals surface area (Å²) in [5.74, 6) is 0. The largest absolute Gasteiger partial charge is 0.355 e. The summed E-state index contributed by atoms with van der Waals surface area (Å²) in [6.07, 6.45) is 12.0. The SMILES string of the molecule is Cn1cc(-c2cc3cc4ccc(cc5nc(cc6nc(cc2[nH]3)C=C6)C=C5)[nH]4)cn1. The Labute approximate surface area is 172 Å². The summed E-state index contributed by atoms with van der Waals surface area (Å²) in [6.45, 7) is 0. The molecule has 6 nitrogen and oxygen atoms in total. The van der Waals surface area contributed by atoms with Gasteiger partial charge in [-0.15, -0.1) is 0 Å². The van der Waals surface area contributed by atoms with E-state index in [1.807, 2.05) is 60.6 Å². The number of fused-ring (bicyclic) bond motifs is 8. The van der Waals surface area contributed by atoms with Crippen molar-refractivity contribution in [2.24, 2.45) is 7.05 Å². The van der Waals surface area contributed by atoms with Crippen molar-refractivity contribution in [1.29, 1.82) is 0 Å². The minimum atomic E-state index is 0.890. The molecule has 6 heteroatoms. The van der Waals surface area contributed by atoms with E-state index in [1.165, 1.54) is 0 Å². The van der Waals surface area contributed by atoms with Gasteiger partial charge in [-0.1, -0.05) is 0 Å². The fourth-order valence-corrected chi connectivity index (χ4v) is 3.82. The smallest absolute Gasteiger partial charge is 0.0659 e. The lowest BCUT2D eigenvalue weighted by Crippen LogP contribution is -1.84. The molecule has 0 amide bonds. The molecule has 0 aromatic carbocycles. The van der Waals surface area contributed by atoms with E-state index in [9.17, 15) is 0 Å². The third kappa shape index (κ3) is 3.04. The normalized spacial score (nSPS) is 12.6. The van der Waals surface area contributed by atoms with Gasteiger partial charge >= 0.3 is 0 Å². The van der Waals surface area contributed by atoms with Crippen LogP contribution < -0.4 is 0 Å². The molecule has 2 aliphatic heterocycles. The summed E-state index contributed by atoms with van der Waals surface area (Å²) in [7, 11) is 1.93. The Hall–Kier alpha value is -4.19. The molecule has 4 aromatic rings. The molecule has 6 heterocycles. The second kappa shape index (κ2) is 6.42. The van der Waals surface area contributed by atoms with Crippen LogP contribution in [0.15, 0.2) is 54.9 Å². The van der Waals surface area contributed by atoms with Gasteiger partial charge in [-0.25, -0.2) is 9.97 Å². The van der Waals surface area contributed by atoms with E-state index in [1.54, 1.807) is 0 Å². The van der Waals surface area contributed by atoms with Crippen LogP contribution >= 0.6 is 0 Å². The number of hydrogen-bond acceptors (Lipinski definition) is 3. The van der Waals surface area contributed by atoms with Gasteiger partial charge in [0.05, 0.1) is 29.0 Å². The van der Waals surface area contributed by atoms with Crippen molar-refractivity contribution in [2.75, 3.05) is 0 Å². The minimum absolute atomic E-state index is 0.890. The van der Waals surface area contributed by atoms with E-state index in [-0.39, 0.29) is 0 Å². The number of H-pyrrole nitrogens is 2. The van der Waals surface area contributed by atoms with Gasteiger partial charge in [0.25, 0.3) is 0 Å². The molecule has 0 radical (unpaired) electrons. The third-order valence-corrected chi connectivity index (χ3v) is 5.18. The molecule has 30 heavy (non-hydrogen) atoms. The highest BCUT2D eigenvalue weighted by molar-refractivity contribution is 5.87. The Morgan fingerprint density at radius 2 is 1.37 bits per heavy atom. The second-order valence-corrected chi connectivity index (χ2v) is 7.49. The van der Waals surface area contributed by atoms with Crippen molar-refractivity contribution in [1.82, 2.24) is 29.7 Å².